The summed E-state index contributed by atoms with van der Waals surface area (Å²) in [5, 5.41) is 2.07. The first-order valence-electron chi connectivity index (χ1n) is 8.97. The lowest BCUT2D eigenvalue weighted by molar-refractivity contribution is -0.155. The van der Waals surface area contributed by atoms with Gasteiger partial charge in [0.05, 0.1) is 11.9 Å². The zero-order valence-corrected chi connectivity index (χ0v) is 16.8. The molecular formula is C17H14F9N5O3. The fraction of sp³-hybridized carbons (Fsp3) is 0.412. The number of urea groups is 1. The van der Waals surface area contributed by atoms with Crippen molar-refractivity contribution in [2.45, 2.75) is 25.5 Å². The molecule has 2 heterocycles. The van der Waals surface area contributed by atoms with Crippen molar-refractivity contribution in [1.82, 2.24) is 15.0 Å². The van der Waals surface area contributed by atoms with Gasteiger partial charge in [0.2, 0.25) is 5.88 Å². The highest BCUT2D eigenvalue weighted by atomic mass is 19.4. The Kier molecular flexibility index (Phi) is 7.99. The number of pyridine rings is 1. The molecule has 2 aromatic heterocycles. The number of rotatable bonds is 7. The minimum Gasteiger partial charge on any atom is -0.468 e. The van der Waals surface area contributed by atoms with Gasteiger partial charge in [0.1, 0.15) is 11.5 Å². The van der Waals surface area contributed by atoms with Crippen LogP contribution in [0, 0.1) is 0 Å². The standard InChI is InChI=1S/C17H14F9N5O3/c1-2-31(9-3-4-10(27-6-9)17(24,25)26)14(32)29-11-5-12(33-7-15(18,19)20)30-13(28-11)34-8-16(21,22)23/h3-6H,2,7-8H2,1H3,(H,28,29,30,32). The van der Waals surface area contributed by atoms with Crippen LogP contribution in [0.2, 0.25) is 0 Å². The second kappa shape index (κ2) is 10.2. The summed E-state index contributed by atoms with van der Waals surface area (Å²) in [7, 11) is 0. The van der Waals surface area contributed by atoms with Crippen molar-refractivity contribution in [2.75, 3.05) is 30.0 Å². The molecule has 0 atom stereocenters. The zero-order chi connectivity index (χ0) is 25.7. The summed E-state index contributed by atoms with van der Waals surface area (Å²) in [6.07, 6.45) is -13.6. The van der Waals surface area contributed by atoms with Gasteiger partial charge in [-0.25, -0.2) is 9.78 Å². The minimum atomic E-state index is -4.83. The summed E-state index contributed by atoms with van der Waals surface area (Å²) in [6, 6.07) is 0.137. The molecule has 0 radical (unpaired) electrons. The van der Waals surface area contributed by atoms with Gasteiger partial charge >= 0.3 is 30.6 Å². The van der Waals surface area contributed by atoms with Gasteiger partial charge in [0.25, 0.3) is 0 Å². The molecule has 0 saturated carbocycles. The topological polar surface area (TPSA) is 89.5 Å². The molecule has 0 aromatic carbocycles. The number of anilines is 2. The SMILES string of the molecule is CCN(C(=O)Nc1cc(OCC(F)(F)F)nc(OCC(F)(F)F)n1)c1ccc(C(F)(F)F)nc1. The number of carbonyl (C=O) groups excluding carboxylic acids is 1. The molecule has 0 aliphatic rings. The molecule has 2 amide bonds. The van der Waals surface area contributed by atoms with Crippen molar-refractivity contribution in [3.63, 3.8) is 0 Å². The molecule has 8 nitrogen and oxygen atoms in total. The van der Waals surface area contributed by atoms with E-state index in [0.717, 1.165) is 17.2 Å². The van der Waals surface area contributed by atoms with Gasteiger partial charge < -0.3 is 9.47 Å². The molecule has 0 aliphatic heterocycles. The summed E-state index contributed by atoms with van der Waals surface area (Å²) >= 11 is 0. The van der Waals surface area contributed by atoms with Crippen LogP contribution in [0.3, 0.4) is 0 Å². The molecular weight excluding hydrogens is 493 g/mol. The van der Waals surface area contributed by atoms with Gasteiger partial charge in [0, 0.05) is 12.6 Å². The van der Waals surface area contributed by atoms with Crippen molar-refractivity contribution in [1.29, 1.82) is 0 Å². The Morgan fingerprint density at radius 1 is 0.971 bits per heavy atom. The van der Waals surface area contributed by atoms with E-state index in [9.17, 15) is 44.3 Å². The third-order valence-electron chi connectivity index (χ3n) is 3.58. The molecule has 34 heavy (non-hydrogen) atoms. The van der Waals surface area contributed by atoms with E-state index in [4.69, 9.17) is 0 Å². The number of hydrogen-bond donors (Lipinski definition) is 1. The smallest absolute Gasteiger partial charge is 0.433 e. The predicted molar refractivity (Wildman–Crippen MR) is 96.4 cm³/mol. The maximum Gasteiger partial charge on any atom is 0.433 e. The second-order valence-electron chi connectivity index (χ2n) is 6.26. The van der Waals surface area contributed by atoms with Crippen molar-refractivity contribution >= 4 is 17.5 Å². The summed E-state index contributed by atoms with van der Waals surface area (Å²) in [6.45, 7) is -2.42. The number of nitrogens with zero attached hydrogens (tertiary/aromatic N) is 4. The maximum absolute atomic E-state index is 12.7. The Balaban J connectivity index is 2.26. The van der Waals surface area contributed by atoms with Crippen molar-refractivity contribution in [3.8, 4) is 11.9 Å². The van der Waals surface area contributed by atoms with Crippen LogP contribution in [0.1, 0.15) is 12.6 Å². The van der Waals surface area contributed by atoms with Crippen LogP contribution in [-0.2, 0) is 6.18 Å². The van der Waals surface area contributed by atoms with Crippen LogP contribution in [-0.4, -0.2) is 53.1 Å². The predicted octanol–water partition coefficient (Wildman–Crippen LogP) is 4.83. The van der Waals surface area contributed by atoms with E-state index in [2.05, 4.69) is 29.7 Å². The van der Waals surface area contributed by atoms with Gasteiger partial charge in [-0.15, -0.1) is 0 Å². The van der Waals surface area contributed by atoms with Crippen LogP contribution in [0.4, 0.5) is 55.8 Å². The van der Waals surface area contributed by atoms with Crippen LogP contribution >= 0.6 is 0 Å². The van der Waals surface area contributed by atoms with E-state index in [0.29, 0.717) is 12.1 Å². The van der Waals surface area contributed by atoms with Gasteiger partial charge in [-0.05, 0) is 19.1 Å². The first-order valence-corrected chi connectivity index (χ1v) is 8.97. The van der Waals surface area contributed by atoms with Crippen LogP contribution in [0.25, 0.3) is 0 Å². The number of aromatic nitrogens is 3. The number of alkyl halides is 9. The Morgan fingerprint density at radius 2 is 1.59 bits per heavy atom. The van der Waals surface area contributed by atoms with E-state index < -0.39 is 61.2 Å². The maximum atomic E-state index is 12.7. The Bertz CT molecular complexity index is 942. The molecule has 188 valence electrons. The van der Waals surface area contributed by atoms with E-state index in [-0.39, 0.29) is 12.2 Å². The first-order chi connectivity index (χ1) is 15.6. The number of ether oxygens (including phenoxy) is 2. The number of amides is 2. The van der Waals surface area contributed by atoms with Crippen molar-refractivity contribution < 1.29 is 53.8 Å². The van der Waals surface area contributed by atoms with Gasteiger partial charge in [-0.3, -0.25) is 10.2 Å². The summed E-state index contributed by atoms with van der Waals surface area (Å²) in [5.41, 5.74) is -1.31. The van der Waals surface area contributed by atoms with E-state index in [1.54, 1.807) is 0 Å². The molecule has 0 fully saturated rings. The highest BCUT2D eigenvalue weighted by Crippen LogP contribution is 2.29. The number of nitrogens with one attached hydrogen (secondary N) is 1. The Labute approximate surface area is 184 Å². The quantitative estimate of drug-likeness (QED) is 0.541. The molecule has 2 aromatic rings. The van der Waals surface area contributed by atoms with Crippen LogP contribution in [0.15, 0.2) is 24.4 Å². The fourth-order valence-corrected chi connectivity index (χ4v) is 2.24. The van der Waals surface area contributed by atoms with Crippen molar-refractivity contribution in [3.05, 3.63) is 30.1 Å². The van der Waals surface area contributed by atoms with Gasteiger partial charge in [0.15, 0.2) is 13.2 Å². The average molecular weight is 507 g/mol. The molecule has 0 bridgehead atoms. The normalized spacial score (nSPS) is 12.3. The highest BCUT2D eigenvalue weighted by molar-refractivity contribution is 6.01. The molecule has 1 N–H and O–H groups in total. The van der Waals surface area contributed by atoms with E-state index in [1.807, 2.05) is 0 Å². The second-order valence-corrected chi connectivity index (χ2v) is 6.26. The molecule has 17 heteroatoms. The zero-order valence-electron chi connectivity index (χ0n) is 16.8. The Hall–Kier alpha value is -3.53. The first kappa shape index (κ1) is 26.7. The summed E-state index contributed by atoms with van der Waals surface area (Å²) in [4.78, 5) is 23.4. The summed E-state index contributed by atoms with van der Waals surface area (Å²) in [5.74, 6) is -1.47. The van der Waals surface area contributed by atoms with E-state index >= 15 is 0 Å². The van der Waals surface area contributed by atoms with E-state index in [1.165, 1.54) is 6.92 Å². The highest BCUT2D eigenvalue weighted by Gasteiger charge is 2.33. The minimum absolute atomic E-state index is 0.0934. The number of halogens is 9. The lowest BCUT2D eigenvalue weighted by Crippen LogP contribution is -2.35. The fourth-order valence-electron chi connectivity index (χ4n) is 2.24. The molecule has 0 unspecified atom stereocenters. The Morgan fingerprint density at radius 3 is 2.09 bits per heavy atom. The van der Waals surface area contributed by atoms with Gasteiger partial charge in [-0.1, -0.05) is 0 Å². The number of carbonyl (C=O) groups is 1. The van der Waals surface area contributed by atoms with Crippen LogP contribution < -0.4 is 19.7 Å². The molecule has 2 rings (SSSR count). The summed E-state index contributed by atoms with van der Waals surface area (Å²) < 4.78 is 121. The average Bonchev–Trinajstić information content (AvgIpc) is 2.70. The lowest BCUT2D eigenvalue weighted by atomic mass is 10.3. The molecule has 0 aliphatic carbocycles. The molecule has 0 spiro atoms. The lowest BCUT2D eigenvalue weighted by Gasteiger charge is -2.21. The monoisotopic (exact) mass is 507 g/mol. The molecule has 0 saturated heterocycles. The van der Waals surface area contributed by atoms with Gasteiger partial charge in [-0.2, -0.15) is 49.5 Å². The third kappa shape index (κ3) is 8.43. The number of hydrogen-bond acceptors (Lipinski definition) is 6. The van der Waals surface area contributed by atoms with Crippen LogP contribution in [0.5, 0.6) is 11.9 Å². The third-order valence-corrected chi connectivity index (χ3v) is 3.58. The largest absolute Gasteiger partial charge is 0.468 e. The van der Waals surface area contributed by atoms with Crippen molar-refractivity contribution in [2.24, 2.45) is 0 Å².